The number of aromatic nitrogens is 5. The van der Waals surface area contributed by atoms with Crippen LogP contribution in [0.3, 0.4) is 0 Å². The van der Waals surface area contributed by atoms with E-state index >= 15 is 0 Å². The van der Waals surface area contributed by atoms with Crippen LogP contribution in [0.2, 0.25) is 0 Å². The van der Waals surface area contributed by atoms with Crippen molar-refractivity contribution in [2.75, 3.05) is 0 Å². The third-order valence-corrected chi connectivity index (χ3v) is 3.00. The van der Waals surface area contributed by atoms with Gasteiger partial charge in [-0.05, 0) is 15.9 Å². The summed E-state index contributed by atoms with van der Waals surface area (Å²) in [5.74, 6) is 4.41. The molecule has 2 aromatic rings. The Kier molecular flexibility index (Phi) is 4.10. The number of halogens is 1. The number of amides is 1. The van der Waals surface area contributed by atoms with Crippen LogP contribution >= 0.6 is 15.9 Å². The van der Waals surface area contributed by atoms with Crippen LogP contribution in [-0.4, -0.2) is 30.5 Å². The minimum Gasteiger partial charge on any atom is -0.298 e. The zero-order valence-corrected chi connectivity index (χ0v) is 11.6. The van der Waals surface area contributed by atoms with Gasteiger partial charge in [-0.15, -0.1) is 5.10 Å². The highest BCUT2D eigenvalue weighted by atomic mass is 79.9. The van der Waals surface area contributed by atoms with Crippen LogP contribution in [0.25, 0.3) is 0 Å². The smallest absolute Gasteiger partial charge is 0.298 e. The van der Waals surface area contributed by atoms with Crippen molar-refractivity contribution in [3.05, 3.63) is 43.4 Å². The summed E-state index contributed by atoms with van der Waals surface area (Å²) in [6.45, 7) is 0.546. The standard InChI is InChI=1S/C9H10BrN7O3/c10-5-3-16(9(20)12-7(5)18)1-2-17-4-6(14-15-17)8(19)13-11/h3-4H,1-2,11H2,(H,13,19)(H,12,18,20). The van der Waals surface area contributed by atoms with Crippen LogP contribution in [-0.2, 0) is 13.1 Å². The van der Waals surface area contributed by atoms with Crippen molar-refractivity contribution < 1.29 is 4.79 Å². The predicted molar refractivity (Wildman–Crippen MR) is 70.7 cm³/mol. The van der Waals surface area contributed by atoms with Crippen LogP contribution in [0.5, 0.6) is 0 Å². The molecular weight excluding hydrogens is 334 g/mol. The quantitative estimate of drug-likeness (QED) is 0.339. The summed E-state index contributed by atoms with van der Waals surface area (Å²) in [7, 11) is 0. The third-order valence-electron chi connectivity index (χ3n) is 2.44. The minimum absolute atomic E-state index is 0.0718. The fraction of sp³-hybridized carbons (Fsp3) is 0.222. The molecule has 11 heteroatoms. The first-order valence-corrected chi connectivity index (χ1v) is 6.21. The predicted octanol–water partition coefficient (Wildman–Crippen LogP) is -1.81. The lowest BCUT2D eigenvalue weighted by Gasteiger charge is -2.04. The Morgan fingerprint density at radius 3 is 2.85 bits per heavy atom. The highest BCUT2D eigenvalue weighted by Gasteiger charge is 2.09. The molecule has 0 saturated carbocycles. The summed E-state index contributed by atoms with van der Waals surface area (Å²) in [4.78, 5) is 36.1. The molecule has 2 aromatic heterocycles. The number of H-pyrrole nitrogens is 1. The van der Waals surface area contributed by atoms with Crippen molar-refractivity contribution >= 4 is 21.8 Å². The van der Waals surface area contributed by atoms with Crippen molar-refractivity contribution in [2.45, 2.75) is 13.1 Å². The summed E-state index contributed by atoms with van der Waals surface area (Å²) in [5, 5.41) is 7.34. The SMILES string of the molecule is NNC(=O)c1cn(CCn2cc(Br)c(=O)[nH]c2=O)nn1. The highest BCUT2D eigenvalue weighted by molar-refractivity contribution is 9.10. The van der Waals surface area contributed by atoms with Crippen molar-refractivity contribution in [1.29, 1.82) is 0 Å². The Hall–Kier alpha value is -2.27. The lowest BCUT2D eigenvalue weighted by atomic mass is 10.4. The molecule has 0 aliphatic carbocycles. The zero-order valence-electron chi connectivity index (χ0n) is 10.0. The number of hydrogen-bond donors (Lipinski definition) is 3. The molecule has 10 nitrogen and oxygen atoms in total. The summed E-state index contributed by atoms with van der Waals surface area (Å²) in [6.07, 6.45) is 2.78. The van der Waals surface area contributed by atoms with E-state index in [0.29, 0.717) is 6.54 Å². The number of nitrogens with two attached hydrogens (primary N) is 1. The van der Waals surface area contributed by atoms with Gasteiger partial charge >= 0.3 is 5.69 Å². The number of hydrogen-bond acceptors (Lipinski definition) is 6. The van der Waals surface area contributed by atoms with Crippen LogP contribution in [0.4, 0.5) is 0 Å². The van der Waals surface area contributed by atoms with E-state index in [9.17, 15) is 14.4 Å². The van der Waals surface area contributed by atoms with Gasteiger partial charge in [0, 0.05) is 12.7 Å². The van der Waals surface area contributed by atoms with Gasteiger partial charge in [0.2, 0.25) is 0 Å². The largest absolute Gasteiger partial charge is 0.328 e. The van der Waals surface area contributed by atoms with Crippen LogP contribution in [0.1, 0.15) is 10.5 Å². The van der Waals surface area contributed by atoms with Gasteiger partial charge in [-0.25, -0.2) is 15.3 Å². The number of carbonyl (C=O) groups is 1. The van der Waals surface area contributed by atoms with Crippen molar-refractivity contribution in [3.8, 4) is 0 Å². The Bertz CT molecular complexity index is 746. The average molecular weight is 344 g/mol. The number of carbonyl (C=O) groups excluding carboxylic acids is 1. The van der Waals surface area contributed by atoms with Crippen molar-refractivity contribution in [3.63, 3.8) is 0 Å². The van der Waals surface area contributed by atoms with Gasteiger partial charge in [0.1, 0.15) is 0 Å². The first-order chi connectivity index (χ1) is 9.51. The van der Waals surface area contributed by atoms with Crippen LogP contribution < -0.4 is 22.5 Å². The Labute approximate surface area is 119 Å². The van der Waals surface area contributed by atoms with E-state index < -0.39 is 17.2 Å². The molecule has 2 rings (SSSR count). The minimum atomic E-state index is -0.555. The molecule has 0 aromatic carbocycles. The summed E-state index contributed by atoms with van der Waals surface area (Å²) in [6, 6.07) is 0. The molecule has 0 saturated heterocycles. The molecule has 0 aliphatic heterocycles. The van der Waals surface area contributed by atoms with E-state index in [1.54, 1.807) is 0 Å². The molecule has 0 atom stereocenters. The van der Waals surface area contributed by atoms with Gasteiger partial charge in [0.05, 0.1) is 17.2 Å². The second-order valence-corrected chi connectivity index (χ2v) is 4.62. The Balaban J connectivity index is 2.11. The van der Waals surface area contributed by atoms with E-state index in [0.717, 1.165) is 0 Å². The molecule has 1 amide bonds. The van der Waals surface area contributed by atoms with E-state index in [-0.39, 0.29) is 16.7 Å². The maximum Gasteiger partial charge on any atom is 0.328 e. The fourth-order valence-electron chi connectivity index (χ4n) is 1.44. The van der Waals surface area contributed by atoms with Gasteiger partial charge in [-0.1, -0.05) is 5.21 Å². The van der Waals surface area contributed by atoms with Crippen LogP contribution in [0, 0.1) is 0 Å². The van der Waals surface area contributed by atoms with Gasteiger partial charge in [0.15, 0.2) is 5.69 Å². The molecule has 0 bridgehead atoms. The first-order valence-electron chi connectivity index (χ1n) is 5.41. The molecule has 4 N–H and O–H groups in total. The number of rotatable bonds is 4. The second-order valence-electron chi connectivity index (χ2n) is 3.77. The summed E-state index contributed by atoms with van der Waals surface area (Å²) >= 11 is 3.03. The first kappa shape index (κ1) is 14.1. The topological polar surface area (TPSA) is 141 Å². The molecular formula is C9H10BrN7O3. The zero-order chi connectivity index (χ0) is 14.7. The number of nitrogen functional groups attached to an aromatic ring is 1. The monoisotopic (exact) mass is 343 g/mol. The molecule has 0 spiro atoms. The summed E-state index contributed by atoms with van der Waals surface area (Å²) < 4.78 is 2.94. The summed E-state index contributed by atoms with van der Waals surface area (Å²) in [5.41, 5.74) is 0.986. The molecule has 2 heterocycles. The third kappa shape index (κ3) is 3.00. The highest BCUT2D eigenvalue weighted by Crippen LogP contribution is 1.98. The lowest BCUT2D eigenvalue weighted by molar-refractivity contribution is 0.0948. The number of aromatic amines is 1. The van der Waals surface area contributed by atoms with E-state index in [4.69, 9.17) is 5.84 Å². The molecule has 0 radical (unpaired) electrons. The average Bonchev–Trinajstić information content (AvgIpc) is 2.89. The van der Waals surface area contributed by atoms with Gasteiger partial charge in [-0.3, -0.25) is 24.6 Å². The van der Waals surface area contributed by atoms with Crippen molar-refractivity contribution in [1.82, 2.24) is 30.0 Å². The number of hydrazine groups is 1. The lowest BCUT2D eigenvalue weighted by Crippen LogP contribution is -2.31. The van der Waals surface area contributed by atoms with E-state index in [2.05, 4.69) is 31.2 Å². The molecule has 0 unspecified atom stereocenters. The van der Waals surface area contributed by atoms with Crippen molar-refractivity contribution in [2.24, 2.45) is 5.84 Å². The van der Waals surface area contributed by atoms with Gasteiger partial charge in [-0.2, -0.15) is 0 Å². The Morgan fingerprint density at radius 2 is 2.15 bits per heavy atom. The fourth-order valence-corrected chi connectivity index (χ4v) is 1.79. The van der Waals surface area contributed by atoms with E-state index in [1.165, 1.54) is 21.6 Å². The van der Waals surface area contributed by atoms with Gasteiger partial charge < -0.3 is 0 Å². The normalized spacial score (nSPS) is 10.5. The number of nitrogens with one attached hydrogen (secondary N) is 2. The van der Waals surface area contributed by atoms with E-state index in [1.807, 2.05) is 5.43 Å². The number of nitrogens with zero attached hydrogens (tertiary/aromatic N) is 4. The van der Waals surface area contributed by atoms with Crippen LogP contribution in [0.15, 0.2) is 26.5 Å². The molecule has 106 valence electrons. The maximum atomic E-state index is 11.5. The molecule has 20 heavy (non-hydrogen) atoms. The molecule has 0 fully saturated rings. The Morgan fingerprint density at radius 1 is 1.40 bits per heavy atom. The van der Waals surface area contributed by atoms with Gasteiger partial charge in [0.25, 0.3) is 11.5 Å². The molecule has 0 aliphatic rings. The second kappa shape index (κ2) is 5.79. The maximum absolute atomic E-state index is 11.5. The number of aryl methyl sites for hydroxylation is 2.